The van der Waals surface area contributed by atoms with Crippen LogP contribution in [0, 0.1) is 12.7 Å². The molecule has 4 heteroatoms. The van der Waals surface area contributed by atoms with Gasteiger partial charge in [0.25, 0.3) is 0 Å². The Bertz CT molecular complexity index is 378. The highest BCUT2D eigenvalue weighted by Crippen LogP contribution is 2.23. The lowest BCUT2D eigenvalue weighted by molar-refractivity contribution is 0.00256. The van der Waals surface area contributed by atoms with E-state index in [1.165, 1.54) is 6.07 Å². The van der Waals surface area contributed by atoms with E-state index in [0.29, 0.717) is 18.8 Å². The minimum absolute atomic E-state index is 0.0467. The molecule has 1 aromatic rings. The van der Waals surface area contributed by atoms with Gasteiger partial charge in [0.05, 0.1) is 25.9 Å². The molecule has 1 unspecified atom stereocenters. The zero-order valence-corrected chi connectivity index (χ0v) is 10.0. The molecule has 0 aliphatic carbocycles. The Balaban J connectivity index is 2.18. The molecular weight excluding hydrogens is 221 g/mol. The second kappa shape index (κ2) is 5.58. The third kappa shape index (κ3) is 2.83. The summed E-state index contributed by atoms with van der Waals surface area (Å²) in [6.45, 7) is 4.79. The fraction of sp³-hybridized carbons (Fsp3) is 0.538. The Morgan fingerprint density at radius 3 is 2.71 bits per heavy atom. The van der Waals surface area contributed by atoms with Gasteiger partial charge in [-0.25, -0.2) is 4.39 Å². The summed E-state index contributed by atoms with van der Waals surface area (Å²) in [6, 6.07) is 4.97. The number of hydrogen-bond acceptors (Lipinski definition) is 3. The van der Waals surface area contributed by atoms with Crippen LogP contribution in [0.15, 0.2) is 18.2 Å². The topological polar surface area (TPSA) is 32.7 Å². The first-order valence-corrected chi connectivity index (χ1v) is 5.91. The number of aryl methyl sites for hydroxylation is 1. The molecule has 1 heterocycles. The molecule has 1 saturated heterocycles. The average Bonchev–Trinajstić information content (AvgIpc) is 2.36. The zero-order chi connectivity index (χ0) is 12.3. The zero-order valence-electron chi connectivity index (χ0n) is 10.0. The molecule has 1 aliphatic rings. The van der Waals surface area contributed by atoms with Gasteiger partial charge in [-0.3, -0.25) is 4.90 Å². The summed E-state index contributed by atoms with van der Waals surface area (Å²) in [4.78, 5) is 2.18. The van der Waals surface area contributed by atoms with Crippen molar-refractivity contribution in [3.8, 4) is 0 Å². The van der Waals surface area contributed by atoms with Gasteiger partial charge in [-0.2, -0.15) is 0 Å². The number of halogens is 1. The van der Waals surface area contributed by atoms with E-state index in [0.717, 1.165) is 18.7 Å². The fourth-order valence-electron chi connectivity index (χ4n) is 2.20. The van der Waals surface area contributed by atoms with Crippen LogP contribution in [0.1, 0.15) is 17.2 Å². The summed E-state index contributed by atoms with van der Waals surface area (Å²) in [7, 11) is 0. The van der Waals surface area contributed by atoms with E-state index in [9.17, 15) is 9.50 Å². The molecule has 1 fully saturated rings. The fourth-order valence-corrected chi connectivity index (χ4v) is 2.20. The van der Waals surface area contributed by atoms with Crippen LogP contribution in [0.3, 0.4) is 0 Å². The Morgan fingerprint density at radius 2 is 2.12 bits per heavy atom. The van der Waals surface area contributed by atoms with Crippen LogP contribution in [0.4, 0.5) is 4.39 Å². The van der Waals surface area contributed by atoms with Gasteiger partial charge in [0.2, 0.25) is 0 Å². The van der Waals surface area contributed by atoms with E-state index in [-0.39, 0.29) is 18.5 Å². The lowest BCUT2D eigenvalue weighted by Gasteiger charge is -2.33. The van der Waals surface area contributed by atoms with Crippen molar-refractivity contribution in [1.82, 2.24) is 4.90 Å². The monoisotopic (exact) mass is 239 g/mol. The molecule has 94 valence electrons. The quantitative estimate of drug-likeness (QED) is 0.867. The number of benzene rings is 1. The molecule has 1 aliphatic heterocycles. The number of aliphatic hydroxyl groups excluding tert-OH is 1. The standard InChI is InChI=1S/C13H18FNO2/c1-10-8-11(2-3-12(10)14)13(9-16)15-4-6-17-7-5-15/h2-3,8,13,16H,4-7,9H2,1H3. The first kappa shape index (κ1) is 12.5. The minimum Gasteiger partial charge on any atom is -0.394 e. The summed E-state index contributed by atoms with van der Waals surface area (Å²) in [6.07, 6.45) is 0. The SMILES string of the molecule is Cc1cc(C(CO)N2CCOCC2)ccc1F. The maximum absolute atomic E-state index is 13.2. The molecule has 2 rings (SSSR count). The van der Waals surface area contributed by atoms with Crippen molar-refractivity contribution < 1.29 is 14.2 Å². The molecule has 0 saturated carbocycles. The van der Waals surface area contributed by atoms with E-state index in [1.54, 1.807) is 13.0 Å². The first-order valence-electron chi connectivity index (χ1n) is 5.91. The van der Waals surface area contributed by atoms with Gasteiger partial charge in [0.15, 0.2) is 0 Å². The number of nitrogens with zero attached hydrogens (tertiary/aromatic N) is 1. The predicted molar refractivity (Wildman–Crippen MR) is 63.4 cm³/mol. The molecule has 1 atom stereocenters. The summed E-state index contributed by atoms with van der Waals surface area (Å²) >= 11 is 0. The van der Waals surface area contributed by atoms with Gasteiger partial charge in [0, 0.05) is 13.1 Å². The van der Waals surface area contributed by atoms with Crippen molar-refractivity contribution in [3.05, 3.63) is 35.1 Å². The third-order valence-electron chi connectivity index (χ3n) is 3.23. The molecular formula is C13H18FNO2. The molecule has 0 amide bonds. The van der Waals surface area contributed by atoms with E-state index in [2.05, 4.69) is 4.90 Å². The van der Waals surface area contributed by atoms with Gasteiger partial charge < -0.3 is 9.84 Å². The highest BCUT2D eigenvalue weighted by molar-refractivity contribution is 5.26. The third-order valence-corrected chi connectivity index (χ3v) is 3.23. The summed E-state index contributed by atoms with van der Waals surface area (Å²) in [5.41, 5.74) is 1.59. The van der Waals surface area contributed by atoms with Crippen LogP contribution in [-0.2, 0) is 4.74 Å². The summed E-state index contributed by atoms with van der Waals surface area (Å²) in [5.74, 6) is -0.201. The molecule has 0 bridgehead atoms. The Hall–Kier alpha value is -0.970. The Morgan fingerprint density at radius 1 is 1.41 bits per heavy atom. The molecule has 1 N–H and O–H groups in total. The number of rotatable bonds is 3. The van der Waals surface area contributed by atoms with Crippen molar-refractivity contribution in [2.75, 3.05) is 32.9 Å². The summed E-state index contributed by atoms with van der Waals surface area (Å²) in [5, 5.41) is 9.52. The molecule has 3 nitrogen and oxygen atoms in total. The molecule has 1 aromatic carbocycles. The summed E-state index contributed by atoms with van der Waals surface area (Å²) < 4.78 is 18.5. The van der Waals surface area contributed by atoms with Crippen LogP contribution < -0.4 is 0 Å². The van der Waals surface area contributed by atoms with Crippen molar-refractivity contribution in [2.45, 2.75) is 13.0 Å². The van der Waals surface area contributed by atoms with Crippen molar-refractivity contribution in [1.29, 1.82) is 0 Å². The Kier molecular flexibility index (Phi) is 4.10. The predicted octanol–water partition coefficient (Wildman–Crippen LogP) is 1.50. The minimum atomic E-state index is -0.201. The van der Waals surface area contributed by atoms with Crippen molar-refractivity contribution in [2.24, 2.45) is 0 Å². The molecule has 0 radical (unpaired) electrons. The smallest absolute Gasteiger partial charge is 0.126 e. The van der Waals surface area contributed by atoms with E-state index < -0.39 is 0 Å². The van der Waals surface area contributed by atoms with Gasteiger partial charge in [0.1, 0.15) is 5.82 Å². The van der Waals surface area contributed by atoms with Crippen LogP contribution in [0.25, 0.3) is 0 Å². The highest BCUT2D eigenvalue weighted by Gasteiger charge is 2.22. The maximum Gasteiger partial charge on any atom is 0.126 e. The molecule has 0 spiro atoms. The van der Waals surface area contributed by atoms with E-state index in [4.69, 9.17) is 4.74 Å². The lowest BCUT2D eigenvalue weighted by Crippen LogP contribution is -2.40. The second-order valence-electron chi connectivity index (χ2n) is 4.36. The van der Waals surface area contributed by atoms with Gasteiger partial charge in [-0.1, -0.05) is 12.1 Å². The van der Waals surface area contributed by atoms with Crippen molar-refractivity contribution >= 4 is 0 Å². The van der Waals surface area contributed by atoms with E-state index in [1.807, 2.05) is 6.07 Å². The molecule has 17 heavy (non-hydrogen) atoms. The lowest BCUT2D eigenvalue weighted by atomic mass is 10.0. The van der Waals surface area contributed by atoms with Crippen molar-refractivity contribution in [3.63, 3.8) is 0 Å². The highest BCUT2D eigenvalue weighted by atomic mass is 19.1. The van der Waals surface area contributed by atoms with Crippen LogP contribution >= 0.6 is 0 Å². The van der Waals surface area contributed by atoms with Crippen LogP contribution in [0.5, 0.6) is 0 Å². The number of hydrogen-bond donors (Lipinski definition) is 1. The largest absolute Gasteiger partial charge is 0.394 e. The van der Waals surface area contributed by atoms with Gasteiger partial charge >= 0.3 is 0 Å². The number of ether oxygens (including phenoxy) is 1. The second-order valence-corrected chi connectivity index (χ2v) is 4.36. The number of morpholine rings is 1. The maximum atomic E-state index is 13.2. The van der Waals surface area contributed by atoms with Crippen LogP contribution in [0.2, 0.25) is 0 Å². The first-order chi connectivity index (χ1) is 8.22. The van der Waals surface area contributed by atoms with Crippen LogP contribution in [-0.4, -0.2) is 42.9 Å². The molecule has 0 aromatic heterocycles. The average molecular weight is 239 g/mol. The Labute approximate surface area is 101 Å². The normalized spacial score (nSPS) is 19.2. The van der Waals surface area contributed by atoms with Gasteiger partial charge in [-0.15, -0.1) is 0 Å². The van der Waals surface area contributed by atoms with E-state index >= 15 is 0 Å². The number of aliphatic hydroxyl groups is 1. The van der Waals surface area contributed by atoms with Gasteiger partial charge in [-0.05, 0) is 24.1 Å².